The first-order valence-corrected chi connectivity index (χ1v) is 11.2. The highest BCUT2D eigenvalue weighted by molar-refractivity contribution is 7.19. The molecule has 5 rings (SSSR count). The Hall–Kier alpha value is -4.11. The van der Waals surface area contributed by atoms with Gasteiger partial charge < -0.3 is 0 Å². The van der Waals surface area contributed by atoms with Gasteiger partial charge in [-0.05, 0) is 24.6 Å². The van der Waals surface area contributed by atoms with E-state index in [0.29, 0.717) is 15.9 Å². The maximum absolute atomic E-state index is 13.3. The molecule has 0 spiro atoms. The molecule has 3 heterocycles. The summed E-state index contributed by atoms with van der Waals surface area (Å²) < 4.78 is 1.08. The third-order valence-corrected chi connectivity index (χ3v) is 6.38. The van der Waals surface area contributed by atoms with Gasteiger partial charge in [-0.25, -0.2) is 14.7 Å². The fraction of sp³-hybridized carbons (Fsp3) is 0.125. The summed E-state index contributed by atoms with van der Waals surface area (Å²) in [5.74, 6) is -0.751. The van der Waals surface area contributed by atoms with Crippen LogP contribution in [-0.2, 0) is 9.59 Å². The predicted molar refractivity (Wildman–Crippen MR) is 129 cm³/mol. The fourth-order valence-corrected chi connectivity index (χ4v) is 4.80. The molecule has 0 bridgehead atoms. The smallest absolute Gasteiger partial charge is 0.273 e. The number of benzene rings is 2. The molecule has 2 aromatic heterocycles. The summed E-state index contributed by atoms with van der Waals surface area (Å²) in [7, 11) is 0. The number of aromatic nitrogens is 2. The lowest BCUT2D eigenvalue weighted by molar-refractivity contribution is -0.118. The van der Waals surface area contributed by atoms with E-state index in [9.17, 15) is 14.4 Å². The molecule has 0 unspecified atom stereocenters. The molecule has 1 aliphatic rings. The Balaban J connectivity index is 1.49. The Morgan fingerprint density at radius 1 is 1.00 bits per heavy atom. The minimum absolute atomic E-state index is 0.148. The van der Waals surface area contributed by atoms with Crippen LogP contribution in [0.3, 0.4) is 0 Å². The van der Waals surface area contributed by atoms with Crippen LogP contribution in [0.4, 0.5) is 5.69 Å². The first kappa shape index (κ1) is 20.8. The maximum Gasteiger partial charge on any atom is 0.286 e. The molecule has 0 atom stereocenters. The Morgan fingerprint density at radius 3 is 2.42 bits per heavy atom. The molecular weight excluding hydrogens is 438 g/mol. The molecule has 1 N–H and O–H groups in total. The molecule has 4 aromatic rings. The van der Waals surface area contributed by atoms with Crippen molar-refractivity contribution in [2.24, 2.45) is 5.10 Å². The van der Waals surface area contributed by atoms with Gasteiger partial charge in [-0.3, -0.25) is 19.8 Å². The SMILES string of the molecule is Cc1sc2ncn(NC(=O)C3=NN(c4ccccc4)C(=O)CC3)c(=O)c2c1-c1ccccc1. The second kappa shape index (κ2) is 8.44. The first-order valence-electron chi connectivity index (χ1n) is 10.4. The van der Waals surface area contributed by atoms with Gasteiger partial charge in [0.05, 0.1) is 11.1 Å². The number of para-hydroxylation sites is 1. The van der Waals surface area contributed by atoms with Gasteiger partial charge in [0.1, 0.15) is 16.9 Å². The van der Waals surface area contributed by atoms with E-state index in [2.05, 4.69) is 15.5 Å². The van der Waals surface area contributed by atoms with Crippen molar-refractivity contribution in [2.45, 2.75) is 19.8 Å². The Labute approximate surface area is 192 Å². The van der Waals surface area contributed by atoms with Gasteiger partial charge in [0.2, 0.25) is 5.91 Å². The van der Waals surface area contributed by atoms with Crippen LogP contribution in [-0.4, -0.2) is 27.2 Å². The summed E-state index contributed by atoms with van der Waals surface area (Å²) in [6.07, 6.45) is 1.64. The van der Waals surface area contributed by atoms with Gasteiger partial charge in [-0.15, -0.1) is 11.3 Å². The van der Waals surface area contributed by atoms with Crippen molar-refractivity contribution < 1.29 is 9.59 Å². The fourth-order valence-electron chi connectivity index (χ4n) is 3.80. The van der Waals surface area contributed by atoms with E-state index in [4.69, 9.17) is 0 Å². The van der Waals surface area contributed by atoms with Crippen molar-refractivity contribution >= 4 is 44.8 Å². The second-order valence-corrected chi connectivity index (χ2v) is 8.73. The topological polar surface area (TPSA) is 96.7 Å². The zero-order chi connectivity index (χ0) is 22.9. The van der Waals surface area contributed by atoms with Crippen molar-refractivity contribution in [1.29, 1.82) is 0 Å². The first-order chi connectivity index (χ1) is 16.0. The summed E-state index contributed by atoms with van der Waals surface area (Å²) in [6, 6.07) is 18.5. The van der Waals surface area contributed by atoms with Crippen molar-refractivity contribution in [3.05, 3.63) is 82.2 Å². The van der Waals surface area contributed by atoms with E-state index in [1.807, 2.05) is 43.3 Å². The number of nitrogens with zero attached hydrogens (tertiary/aromatic N) is 4. The molecular formula is C24H19N5O3S. The molecule has 0 radical (unpaired) electrons. The normalized spacial score (nSPS) is 13.8. The van der Waals surface area contributed by atoms with Crippen molar-refractivity contribution in [3.8, 4) is 11.1 Å². The Morgan fingerprint density at radius 2 is 1.70 bits per heavy atom. The minimum atomic E-state index is -0.556. The molecule has 9 heteroatoms. The van der Waals surface area contributed by atoms with Crippen LogP contribution in [0.15, 0.2) is 76.9 Å². The molecule has 0 saturated carbocycles. The van der Waals surface area contributed by atoms with Crippen LogP contribution in [0.1, 0.15) is 17.7 Å². The number of aryl methyl sites for hydroxylation is 1. The zero-order valence-electron chi connectivity index (χ0n) is 17.7. The molecule has 0 saturated heterocycles. The molecule has 0 fully saturated rings. The number of hydrogen-bond acceptors (Lipinski definition) is 6. The molecule has 2 amide bonds. The van der Waals surface area contributed by atoms with E-state index in [-0.39, 0.29) is 30.0 Å². The highest BCUT2D eigenvalue weighted by Crippen LogP contribution is 2.35. The van der Waals surface area contributed by atoms with Crippen molar-refractivity contribution in [1.82, 2.24) is 9.66 Å². The lowest BCUT2D eigenvalue weighted by Crippen LogP contribution is -2.41. The molecule has 33 heavy (non-hydrogen) atoms. The van der Waals surface area contributed by atoms with Crippen molar-refractivity contribution in [3.63, 3.8) is 0 Å². The lowest BCUT2D eigenvalue weighted by Gasteiger charge is -2.23. The third kappa shape index (κ3) is 3.83. The summed E-state index contributed by atoms with van der Waals surface area (Å²) in [5, 5.41) is 5.92. The van der Waals surface area contributed by atoms with Crippen LogP contribution in [0.25, 0.3) is 21.3 Å². The largest absolute Gasteiger partial charge is 0.286 e. The van der Waals surface area contributed by atoms with Gasteiger partial charge in [0.15, 0.2) is 0 Å². The molecule has 0 aliphatic carbocycles. The van der Waals surface area contributed by atoms with Crippen LogP contribution in [0, 0.1) is 6.92 Å². The molecule has 1 aliphatic heterocycles. The van der Waals surface area contributed by atoms with Gasteiger partial charge >= 0.3 is 0 Å². The number of carbonyl (C=O) groups excluding carboxylic acids is 2. The number of fused-ring (bicyclic) bond motifs is 1. The van der Waals surface area contributed by atoms with E-state index in [0.717, 1.165) is 20.7 Å². The van der Waals surface area contributed by atoms with E-state index >= 15 is 0 Å². The number of thiophene rings is 1. The average molecular weight is 458 g/mol. The number of anilines is 1. The van der Waals surface area contributed by atoms with E-state index < -0.39 is 5.91 Å². The third-order valence-electron chi connectivity index (χ3n) is 5.37. The lowest BCUT2D eigenvalue weighted by atomic mass is 10.0. The highest BCUT2D eigenvalue weighted by Gasteiger charge is 2.26. The number of hydrazone groups is 1. The van der Waals surface area contributed by atoms with E-state index in [1.54, 1.807) is 24.3 Å². The van der Waals surface area contributed by atoms with Crippen LogP contribution in [0.2, 0.25) is 0 Å². The quantitative estimate of drug-likeness (QED) is 0.506. The zero-order valence-corrected chi connectivity index (χ0v) is 18.5. The molecule has 164 valence electrons. The highest BCUT2D eigenvalue weighted by atomic mass is 32.1. The minimum Gasteiger partial charge on any atom is -0.273 e. The molecule has 8 nitrogen and oxygen atoms in total. The van der Waals surface area contributed by atoms with Gasteiger partial charge in [-0.2, -0.15) is 5.10 Å². The van der Waals surface area contributed by atoms with Crippen molar-refractivity contribution in [2.75, 3.05) is 10.4 Å². The second-order valence-electron chi connectivity index (χ2n) is 7.53. The van der Waals surface area contributed by atoms with Gasteiger partial charge in [0, 0.05) is 23.3 Å². The predicted octanol–water partition coefficient (Wildman–Crippen LogP) is 3.69. The monoisotopic (exact) mass is 457 g/mol. The number of carbonyl (C=O) groups is 2. The maximum atomic E-state index is 13.3. The number of hydrogen-bond donors (Lipinski definition) is 1. The summed E-state index contributed by atoms with van der Waals surface area (Å²) in [6.45, 7) is 1.95. The van der Waals surface area contributed by atoms with Gasteiger partial charge in [0.25, 0.3) is 11.5 Å². The van der Waals surface area contributed by atoms with E-state index in [1.165, 1.54) is 22.7 Å². The number of nitrogens with one attached hydrogen (secondary N) is 1. The van der Waals surface area contributed by atoms with Gasteiger partial charge in [-0.1, -0.05) is 48.5 Å². The standard InChI is InChI=1S/C24H19N5O3S/c1-15-20(16-8-4-2-5-9-16)21-23(33-15)25-14-28(24(21)32)27-22(31)18-12-13-19(30)29(26-18)17-10-6-3-7-11-17/h2-11,14H,12-13H2,1H3,(H,27,31). The summed E-state index contributed by atoms with van der Waals surface area (Å²) >= 11 is 1.44. The average Bonchev–Trinajstić information content (AvgIpc) is 3.19. The van der Waals surface area contributed by atoms with Crippen LogP contribution < -0.4 is 16.0 Å². The Kier molecular flexibility index (Phi) is 5.31. The number of rotatable bonds is 4. The Bertz CT molecular complexity index is 1460. The summed E-state index contributed by atoms with van der Waals surface area (Å²) in [4.78, 5) is 44.5. The number of amides is 2. The molecule has 2 aromatic carbocycles. The van der Waals surface area contributed by atoms with Crippen LogP contribution >= 0.6 is 11.3 Å². The summed E-state index contributed by atoms with van der Waals surface area (Å²) in [5.41, 5.74) is 4.68. The van der Waals surface area contributed by atoms with Crippen LogP contribution in [0.5, 0.6) is 0 Å².